The van der Waals surface area contributed by atoms with Gasteiger partial charge in [0.15, 0.2) is 0 Å². The van der Waals surface area contributed by atoms with Gasteiger partial charge in [0.1, 0.15) is 11.6 Å². The summed E-state index contributed by atoms with van der Waals surface area (Å²) in [6.45, 7) is 0.326. The van der Waals surface area contributed by atoms with Crippen LogP contribution in [-0.2, 0) is 0 Å². The molecule has 1 aromatic carbocycles. The molecule has 0 aliphatic rings. The largest absolute Gasteiger partial charge is 0.506 e. The topological polar surface area (TPSA) is 72.3 Å². The van der Waals surface area contributed by atoms with Gasteiger partial charge in [0.25, 0.3) is 0 Å². The molecule has 0 amide bonds. The van der Waals surface area contributed by atoms with Crippen LogP contribution in [0.3, 0.4) is 0 Å². The summed E-state index contributed by atoms with van der Waals surface area (Å²) in [5.41, 5.74) is 11.0. The van der Waals surface area contributed by atoms with E-state index < -0.39 is 11.9 Å². The second-order valence-corrected chi connectivity index (χ2v) is 3.38. The fourth-order valence-electron chi connectivity index (χ4n) is 1.23. The third-order valence-electron chi connectivity index (χ3n) is 1.96. The van der Waals surface area contributed by atoms with Crippen molar-refractivity contribution in [3.05, 3.63) is 28.5 Å². The molecule has 0 bridgehead atoms. The lowest BCUT2D eigenvalue weighted by Crippen LogP contribution is -2.16. The summed E-state index contributed by atoms with van der Waals surface area (Å²) in [6.07, 6.45) is 0.394. The van der Waals surface area contributed by atoms with Crippen molar-refractivity contribution in [2.45, 2.75) is 12.5 Å². The Morgan fingerprint density at radius 2 is 2.07 bits per heavy atom. The summed E-state index contributed by atoms with van der Waals surface area (Å²) in [5.74, 6) is -0.861. The number of nitrogens with two attached hydrogens (primary N) is 2. The Balaban J connectivity index is 0.00000196. The molecule has 0 fully saturated rings. The van der Waals surface area contributed by atoms with E-state index in [-0.39, 0.29) is 28.7 Å². The van der Waals surface area contributed by atoms with E-state index in [0.717, 1.165) is 0 Å². The number of aromatic hydroxyl groups is 1. The highest BCUT2D eigenvalue weighted by atomic mass is 35.5. The zero-order valence-corrected chi connectivity index (χ0v) is 9.48. The van der Waals surface area contributed by atoms with Crippen molar-refractivity contribution < 1.29 is 9.50 Å². The minimum atomic E-state index is -0.626. The van der Waals surface area contributed by atoms with Crippen LogP contribution in [-0.4, -0.2) is 11.7 Å². The van der Waals surface area contributed by atoms with Gasteiger partial charge < -0.3 is 16.6 Å². The van der Waals surface area contributed by atoms with Crippen molar-refractivity contribution in [2.75, 3.05) is 6.54 Å². The molecule has 0 radical (unpaired) electrons. The molecule has 15 heavy (non-hydrogen) atoms. The van der Waals surface area contributed by atoms with E-state index in [4.69, 9.17) is 23.1 Å². The van der Waals surface area contributed by atoms with Gasteiger partial charge in [0, 0.05) is 11.6 Å². The second kappa shape index (κ2) is 6.12. The average molecular weight is 255 g/mol. The van der Waals surface area contributed by atoms with Crippen LogP contribution >= 0.6 is 24.0 Å². The Labute approximate surface area is 98.6 Å². The Bertz CT molecular complexity index is 336. The van der Waals surface area contributed by atoms with E-state index >= 15 is 0 Å². The lowest BCUT2D eigenvalue weighted by molar-refractivity contribution is 0.446. The van der Waals surface area contributed by atoms with Crippen LogP contribution in [0.2, 0.25) is 5.02 Å². The van der Waals surface area contributed by atoms with Gasteiger partial charge >= 0.3 is 0 Å². The molecule has 1 aromatic rings. The van der Waals surface area contributed by atoms with Crippen LogP contribution in [0.4, 0.5) is 4.39 Å². The number of benzene rings is 1. The van der Waals surface area contributed by atoms with Crippen molar-refractivity contribution in [1.29, 1.82) is 0 Å². The predicted molar refractivity (Wildman–Crippen MR) is 60.9 cm³/mol. The molecule has 0 heterocycles. The maximum Gasteiger partial charge on any atom is 0.141 e. The molecule has 3 nitrogen and oxygen atoms in total. The van der Waals surface area contributed by atoms with E-state index in [0.29, 0.717) is 13.0 Å². The third kappa shape index (κ3) is 3.21. The van der Waals surface area contributed by atoms with Crippen molar-refractivity contribution in [3.63, 3.8) is 0 Å². The highest BCUT2D eigenvalue weighted by Crippen LogP contribution is 2.33. The summed E-state index contributed by atoms with van der Waals surface area (Å²) < 4.78 is 13.3. The molecule has 5 N–H and O–H groups in total. The molecule has 0 saturated heterocycles. The van der Waals surface area contributed by atoms with Crippen molar-refractivity contribution >= 4 is 24.0 Å². The molecular formula is C9H13Cl2FN2O. The zero-order valence-electron chi connectivity index (χ0n) is 7.91. The van der Waals surface area contributed by atoms with Gasteiger partial charge in [-0.05, 0) is 25.1 Å². The van der Waals surface area contributed by atoms with E-state index in [1.54, 1.807) is 0 Å². The number of hydrogen-bond donors (Lipinski definition) is 3. The van der Waals surface area contributed by atoms with E-state index in [1.807, 2.05) is 0 Å². The number of halogens is 3. The third-order valence-corrected chi connectivity index (χ3v) is 2.27. The lowest BCUT2D eigenvalue weighted by Gasteiger charge is -2.14. The number of rotatable bonds is 3. The number of hydrogen-bond acceptors (Lipinski definition) is 3. The minimum absolute atomic E-state index is 0. The van der Waals surface area contributed by atoms with Gasteiger partial charge in [-0.25, -0.2) is 4.39 Å². The van der Waals surface area contributed by atoms with Gasteiger partial charge in [0.2, 0.25) is 0 Å². The maximum atomic E-state index is 13.3. The fourth-order valence-corrected chi connectivity index (χ4v) is 1.40. The molecule has 0 aliphatic heterocycles. The first-order valence-electron chi connectivity index (χ1n) is 4.20. The zero-order chi connectivity index (χ0) is 10.7. The average Bonchev–Trinajstić information content (AvgIpc) is 2.13. The Hall–Kier alpha value is -0.550. The van der Waals surface area contributed by atoms with Gasteiger partial charge in [-0.3, -0.25) is 0 Å². The summed E-state index contributed by atoms with van der Waals surface area (Å²) in [6, 6.07) is 1.83. The molecule has 6 heteroatoms. The first-order valence-corrected chi connectivity index (χ1v) is 4.58. The molecule has 1 atom stereocenters. The molecule has 1 rings (SSSR count). The smallest absolute Gasteiger partial charge is 0.141 e. The second-order valence-electron chi connectivity index (χ2n) is 2.98. The molecule has 86 valence electrons. The highest BCUT2D eigenvalue weighted by Gasteiger charge is 2.17. The molecule has 0 aromatic heterocycles. The Morgan fingerprint density at radius 1 is 1.47 bits per heavy atom. The number of phenolic OH excluding ortho intramolecular Hbond substituents is 1. The van der Waals surface area contributed by atoms with Crippen LogP contribution < -0.4 is 11.5 Å². The summed E-state index contributed by atoms with van der Waals surface area (Å²) in [7, 11) is 0. The highest BCUT2D eigenvalue weighted by molar-refractivity contribution is 6.32. The van der Waals surface area contributed by atoms with E-state index in [2.05, 4.69) is 0 Å². The predicted octanol–water partition coefficient (Wildman–Crippen LogP) is 1.96. The van der Waals surface area contributed by atoms with Crippen LogP contribution in [0.5, 0.6) is 5.75 Å². The van der Waals surface area contributed by atoms with Crippen molar-refractivity contribution in [1.82, 2.24) is 0 Å². The lowest BCUT2D eigenvalue weighted by atomic mass is 10.0. The Morgan fingerprint density at radius 3 is 2.60 bits per heavy atom. The van der Waals surface area contributed by atoms with Gasteiger partial charge in [-0.2, -0.15) is 0 Å². The maximum absolute atomic E-state index is 13.3. The first kappa shape index (κ1) is 14.5. The number of phenols is 1. The van der Waals surface area contributed by atoms with Gasteiger partial charge in [0.05, 0.1) is 5.02 Å². The van der Waals surface area contributed by atoms with Crippen LogP contribution in [0.15, 0.2) is 12.1 Å². The summed E-state index contributed by atoms with van der Waals surface area (Å²) in [4.78, 5) is 0. The van der Waals surface area contributed by atoms with Crippen molar-refractivity contribution in [3.8, 4) is 5.75 Å². The first-order chi connectivity index (χ1) is 6.57. The van der Waals surface area contributed by atoms with Crippen LogP contribution in [0, 0.1) is 5.82 Å². The quantitative estimate of drug-likeness (QED) is 0.773. The van der Waals surface area contributed by atoms with Crippen LogP contribution in [0.25, 0.3) is 0 Å². The molecule has 0 spiro atoms. The SMILES string of the molecule is Cl.NCC[C@@H](N)c1c(F)ccc(Cl)c1O. The van der Waals surface area contributed by atoms with Gasteiger partial charge in [-0.1, -0.05) is 11.6 Å². The normalized spacial score (nSPS) is 12.0. The monoisotopic (exact) mass is 254 g/mol. The molecule has 0 aliphatic carbocycles. The molecular weight excluding hydrogens is 242 g/mol. The molecule has 0 unspecified atom stereocenters. The Kier molecular flexibility index (Phi) is 5.90. The van der Waals surface area contributed by atoms with Gasteiger partial charge in [-0.15, -0.1) is 12.4 Å². The van der Waals surface area contributed by atoms with Crippen molar-refractivity contribution in [2.24, 2.45) is 11.5 Å². The van der Waals surface area contributed by atoms with Crippen LogP contribution in [0.1, 0.15) is 18.0 Å². The molecule has 0 saturated carbocycles. The van der Waals surface area contributed by atoms with E-state index in [1.165, 1.54) is 12.1 Å². The summed E-state index contributed by atoms with van der Waals surface area (Å²) >= 11 is 5.63. The standard InChI is InChI=1S/C9H12ClFN2O.ClH/c10-5-1-2-6(11)8(9(5)14)7(13)3-4-12;/h1-2,7,14H,3-4,12-13H2;1H/t7-;/m1./s1. The minimum Gasteiger partial charge on any atom is -0.506 e. The fraction of sp³-hybridized carbons (Fsp3) is 0.333. The summed E-state index contributed by atoms with van der Waals surface area (Å²) in [5, 5.41) is 9.57. The van der Waals surface area contributed by atoms with E-state index in [9.17, 15) is 9.50 Å².